The van der Waals surface area contributed by atoms with Crippen molar-refractivity contribution < 1.29 is 13.9 Å². The molecule has 0 saturated heterocycles. The van der Waals surface area contributed by atoms with E-state index in [1.54, 1.807) is 0 Å². The Labute approximate surface area is 201 Å². The Kier molecular flexibility index (Phi) is 6.81. The van der Waals surface area contributed by atoms with Crippen LogP contribution < -0.4 is 20.9 Å². The molecule has 0 aliphatic carbocycles. The van der Waals surface area contributed by atoms with Crippen LogP contribution in [0.4, 0.5) is 4.39 Å². The zero-order valence-electron chi connectivity index (χ0n) is 18.1. The first-order valence-electron chi connectivity index (χ1n) is 10.4. The molecule has 174 valence electrons. The summed E-state index contributed by atoms with van der Waals surface area (Å²) in [6.45, 7) is 0.282. The van der Waals surface area contributed by atoms with Crippen molar-refractivity contribution >= 4 is 12.4 Å². The second-order valence-electron chi connectivity index (χ2n) is 7.61. The maximum atomic E-state index is 12.8. The standard InChI is InChI=1S/C25H21FN4O3.ClH/c26-12-17(13-27)14-30-25(31)29(15-28-30)22-3-1-2-20(10-22)18-4-6-19(7-5-18)21-8-9-23-24(11-21)33-16-32-23;/h1-12,15H,13-14,16,27H2;1H/b17-12+;. The van der Waals surface area contributed by atoms with E-state index < -0.39 is 0 Å². The van der Waals surface area contributed by atoms with Crippen LogP contribution in [0.3, 0.4) is 0 Å². The summed E-state index contributed by atoms with van der Waals surface area (Å²) in [7, 11) is 0. The third kappa shape index (κ3) is 4.46. The van der Waals surface area contributed by atoms with Gasteiger partial charge in [-0.1, -0.05) is 42.5 Å². The SMILES string of the molecule is Cl.NC/C(=C\F)Cn1ncn(-c2cccc(-c3ccc(-c4ccc5c(c4)OCO5)cc3)c2)c1=O. The highest BCUT2D eigenvalue weighted by Crippen LogP contribution is 2.36. The first-order valence-corrected chi connectivity index (χ1v) is 10.4. The number of rotatable bonds is 6. The van der Waals surface area contributed by atoms with Gasteiger partial charge < -0.3 is 15.2 Å². The minimum absolute atomic E-state index is 0. The molecule has 0 atom stereocenters. The van der Waals surface area contributed by atoms with E-state index in [9.17, 15) is 9.18 Å². The quantitative estimate of drug-likeness (QED) is 0.444. The molecule has 1 aliphatic heterocycles. The topological polar surface area (TPSA) is 84.3 Å². The van der Waals surface area contributed by atoms with Crippen LogP contribution >= 0.6 is 12.4 Å². The summed E-state index contributed by atoms with van der Waals surface area (Å²) in [5, 5.41) is 4.09. The molecular formula is C25H22ClFN4O3. The zero-order valence-corrected chi connectivity index (χ0v) is 18.9. The lowest BCUT2D eigenvalue weighted by Gasteiger charge is -2.08. The molecule has 0 fully saturated rings. The third-order valence-corrected chi connectivity index (χ3v) is 5.55. The minimum Gasteiger partial charge on any atom is -0.454 e. The Morgan fingerprint density at radius 3 is 2.35 bits per heavy atom. The fourth-order valence-corrected chi connectivity index (χ4v) is 3.73. The summed E-state index contributed by atoms with van der Waals surface area (Å²) in [4.78, 5) is 12.7. The largest absolute Gasteiger partial charge is 0.454 e. The molecule has 5 rings (SSSR count). The zero-order chi connectivity index (χ0) is 22.8. The number of nitrogens with two attached hydrogens (primary N) is 1. The van der Waals surface area contributed by atoms with E-state index in [0.717, 1.165) is 33.8 Å². The predicted octanol–water partition coefficient (Wildman–Crippen LogP) is 4.33. The summed E-state index contributed by atoms with van der Waals surface area (Å²) in [5.41, 5.74) is 10.1. The van der Waals surface area contributed by atoms with Gasteiger partial charge >= 0.3 is 5.69 Å². The van der Waals surface area contributed by atoms with Crippen molar-refractivity contribution in [2.45, 2.75) is 6.54 Å². The minimum atomic E-state index is -0.363. The maximum absolute atomic E-state index is 12.8. The van der Waals surface area contributed by atoms with E-state index in [2.05, 4.69) is 5.10 Å². The smallest absolute Gasteiger partial charge is 0.350 e. The molecule has 9 heteroatoms. The second kappa shape index (κ2) is 9.94. The van der Waals surface area contributed by atoms with E-state index in [1.165, 1.54) is 15.6 Å². The van der Waals surface area contributed by atoms with Crippen molar-refractivity contribution in [2.75, 3.05) is 13.3 Å². The lowest BCUT2D eigenvalue weighted by Crippen LogP contribution is -2.25. The van der Waals surface area contributed by atoms with Crippen LogP contribution in [0.15, 0.2) is 89.8 Å². The van der Waals surface area contributed by atoms with Crippen LogP contribution in [0, 0.1) is 0 Å². The number of hydrogen-bond donors (Lipinski definition) is 1. The summed E-state index contributed by atoms with van der Waals surface area (Å²) in [6, 6.07) is 21.6. The highest BCUT2D eigenvalue weighted by molar-refractivity contribution is 5.85. The van der Waals surface area contributed by atoms with Crippen LogP contribution in [-0.2, 0) is 6.54 Å². The predicted molar refractivity (Wildman–Crippen MR) is 130 cm³/mol. The number of ether oxygens (including phenoxy) is 2. The Balaban J connectivity index is 0.00000274. The molecule has 0 saturated carbocycles. The molecule has 1 aromatic heterocycles. The van der Waals surface area contributed by atoms with Crippen molar-refractivity contribution in [2.24, 2.45) is 5.73 Å². The van der Waals surface area contributed by atoms with Gasteiger partial charge in [0.15, 0.2) is 11.5 Å². The van der Waals surface area contributed by atoms with Crippen LogP contribution in [0.5, 0.6) is 11.5 Å². The highest BCUT2D eigenvalue weighted by atomic mass is 35.5. The number of halogens is 2. The maximum Gasteiger partial charge on any atom is 0.350 e. The molecule has 7 nitrogen and oxygen atoms in total. The van der Waals surface area contributed by atoms with E-state index >= 15 is 0 Å². The number of fused-ring (bicyclic) bond motifs is 1. The van der Waals surface area contributed by atoms with Gasteiger partial charge in [-0.25, -0.2) is 18.4 Å². The lowest BCUT2D eigenvalue weighted by atomic mass is 10.00. The van der Waals surface area contributed by atoms with E-state index in [-0.39, 0.29) is 38.0 Å². The Morgan fingerprint density at radius 2 is 1.65 bits per heavy atom. The van der Waals surface area contributed by atoms with E-state index in [0.29, 0.717) is 17.6 Å². The molecule has 3 aromatic carbocycles. The van der Waals surface area contributed by atoms with Crippen LogP contribution in [-0.4, -0.2) is 27.7 Å². The van der Waals surface area contributed by atoms with Crippen LogP contribution in [0.25, 0.3) is 27.9 Å². The Morgan fingerprint density at radius 1 is 0.971 bits per heavy atom. The van der Waals surface area contributed by atoms with Crippen molar-refractivity contribution in [1.82, 2.24) is 14.3 Å². The van der Waals surface area contributed by atoms with Gasteiger partial charge in [-0.3, -0.25) is 0 Å². The first-order chi connectivity index (χ1) is 16.2. The van der Waals surface area contributed by atoms with Gasteiger partial charge in [0.05, 0.1) is 18.6 Å². The van der Waals surface area contributed by atoms with E-state index in [4.69, 9.17) is 15.2 Å². The van der Waals surface area contributed by atoms with Gasteiger partial charge in [0, 0.05) is 6.54 Å². The highest BCUT2D eigenvalue weighted by Gasteiger charge is 2.14. The first kappa shape index (κ1) is 23.3. The molecule has 1 aliphatic rings. The van der Waals surface area contributed by atoms with Gasteiger partial charge in [-0.2, -0.15) is 5.10 Å². The molecule has 4 aromatic rings. The monoisotopic (exact) mass is 480 g/mol. The fraction of sp³-hybridized carbons (Fsp3) is 0.120. The number of nitrogens with zero attached hydrogens (tertiary/aromatic N) is 3. The lowest BCUT2D eigenvalue weighted by molar-refractivity contribution is 0.174. The van der Waals surface area contributed by atoms with Crippen molar-refractivity contribution in [1.29, 1.82) is 0 Å². The van der Waals surface area contributed by atoms with Gasteiger partial charge in [-0.15, -0.1) is 12.4 Å². The summed E-state index contributed by atoms with van der Waals surface area (Å²) in [5.74, 6) is 1.50. The van der Waals surface area contributed by atoms with Gasteiger partial charge in [0.1, 0.15) is 6.33 Å². The second-order valence-corrected chi connectivity index (χ2v) is 7.61. The van der Waals surface area contributed by atoms with Crippen molar-refractivity contribution in [3.63, 3.8) is 0 Å². The molecular weight excluding hydrogens is 459 g/mol. The number of hydrogen-bond acceptors (Lipinski definition) is 5. The molecule has 0 unspecified atom stereocenters. The summed E-state index contributed by atoms with van der Waals surface area (Å²) < 4.78 is 26.3. The Bertz CT molecular complexity index is 1400. The Hall–Kier alpha value is -3.88. The average molecular weight is 481 g/mol. The van der Waals surface area contributed by atoms with Gasteiger partial charge in [0.2, 0.25) is 6.79 Å². The summed E-state index contributed by atoms with van der Waals surface area (Å²) >= 11 is 0. The van der Waals surface area contributed by atoms with Gasteiger partial charge in [0.25, 0.3) is 0 Å². The van der Waals surface area contributed by atoms with Crippen LogP contribution in [0.2, 0.25) is 0 Å². The fourth-order valence-electron chi connectivity index (χ4n) is 3.73. The normalized spacial score (nSPS) is 12.5. The molecule has 0 amide bonds. The van der Waals surface area contributed by atoms with Crippen molar-refractivity contribution in [3.05, 3.63) is 95.4 Å². The molecule has 2 N–H and O–H groups in total. The molecule has 0 spiro atoms. The van der Waals surface area contributed by atoms with Crippen molar-refractivity contribution in [3.8, 4) is 39.4 Å². The van der Waals surface area contributed by atoms with Crippen LogP contribution in [0.1, 0.15) is 0 Å². The molecule has 0 bridgehead atoms. The molecule has 0 radical (unpaired) electrons. The summed E-state index contributed by atoms with van der Waals surface area (Å²) in [6.07, 6.45) is 1.84. The number of benzene rings is 3. The van der Waals surface area contributed by atoms with E-state index in [1.807, 2.05) is 66.7 Å². The molecule has 34 heavy (non-hydrogen) atoms. The number of aromatic nitrogens is 3. The average Bonchev–Trinajstić information content (AvgIpc) is 3.48. The van der Waals surface area contributed by atoms with Gasteiger partial charge in [-0.05, 0) is 52.1 Å². The molecule has 2 heterocycles. The third-order valence-electron chi connectivity index (χ3n) is 5.55.